The number of allylic oxidation sites excluding steroid dienone is 1. The van der Waals surface area contributed by atoms with Gasteiger partial charge in [0.1, 0.15) is 0 Å². The molecule has 2 heterocycles. The fraction of sp³-hybridized carbons (Fsp3) is 0.421. The summed E-state index contributed by atoms with van der Waals surface area (Å²) in [7, 11) is 0. The fourth-order valence-electron chi connectivity index (χ4n) is 2.98. The van der Waals surface area contributed by atoms with Crippen LogP contribution >= 0.6 is 27.7 Å². The van der Waals surface area contributed by atoms with E-state index in [1.54, 1.807) is 11.8 Å². The number of halogens is 1. The second-order valence-electron chi connectivity index (χ2n) is 6.81. The lowest BCUT2D eigenvalue weighted by Crippen LogP contribution is -2.40. The Hall–Kier alpha value is -1.60. The number of carbonyl (C=O) groups is 2. The Morgan fingerprint density at radius 1 is 1.42 bits per heavy atom. The van der Waals surface area contributed by atoms with Crippen LogP contribution in [-0.4, -0.2) is 33.8 Å². The largest absolute Gasteiger partial charge is 0.462 e. The number of fused-ring (bicyclic) bond motifs is 1. The number of benzene rings is 1. The van der Waals surface area contributed by atoms with E-state index >= 15 is 0 Å². The molecule has 1 saturated heterocycles. The highest BCUT2D eigenvalue weighted by Gasteiger charge is 2.46. The number of carbonyl (C=O) groups excluding carboxylic acids is 2. The van der Waals surface area contributed by atoms with Crippen LogP contribution < -0.4 is 0 Å². The number of aliphatic imine (C=N–C) groups is 1. The Morgan fingerprint density at radius 3 is 2.81 bits per heavy atom. The van der Waals surface area contributed by atoms with Crippen molar-refractivity contribution in [3.63, 3.8) is 0 Å². The van der Waals surface area contributed by atoms with Gasteiger partial charge in [0.2, 0.25) is 5.91 Å². The summed E-state index contributed by atoms with van der Waals surface area (Å²) >= 11 is 4.90. The van der Waals surface area contributed by atoms with Crippen molar-refractivity contribution in [2.75, 3.05) is 6.61 Å². The molecule has 1 amide bonds. The highest BCUT2D eigenvalue weighted by molar-refractivity contribution is 9.10. The fourth-order valence-corrected chi connectivity index (χ4v) is 4.42. The minimum absolute atomic E-state index is 0.0413. The molecule has 2 aliphatic rings. The number of ether oxygens (including phenoxy) is 1. The number of amidine groups is 1. The maximum atomic E-state index is 12.9. The molecule has 7 heteroatoms. The van der Waals surface area contributed by atoms with Crippen LogP contribution in [0.15, 0.2) is 45.0 Å². The summed E-state index contributed by atoms with van der Waals surface area (Å²) < 4.78 is 6.37. The van der Waals surface area contributed by atoms with Gasteiger partial charge in [-0.25, -0.2) is 9.79 Å². The molecule has 138 valence electrons. The summed E-state index contributed by atoms with van der Waals surface area (Å²) in [6.45, 7) is 7.96. The van der Waals surface area contributed by atoms with Crippen molar-refractivity contribution in [2.24, 2.45) is 10.9 Å². The lowest BCUT2D eigenvalue weighted by Gasteiger charge is -2.33. The monoisotopic (exact) mass is 436 g/mol. The summed E-state index contributed by atoms with van der Waals surface area (Å²) in [5.41, 5.74) is 1.88. The molecule has 2 aliphatic heterocycles. The standard InChI is InChI=1S/C19H21BrN2O3S/c1-10(2)9-25-18(24)15-11(3)21-19-22(17(23)12(4)26-19)16(15)13-6-5-7-14(20)8-13/h5-8,10,12,16H,9H2,1-4H3/t12-,16-/m0/s1. The van der Waals surface area contributed by atoms with Gasteiger partial charge >= 0.3 is 5.97 Å². The summed E-state index contributed by atoms with van der Waals surface area (Å²) in [6, 6.07) is 7.14. The van der Waals surface area contributed by atoms with E-state index in [9.17, 15) is 9.59 Å². The third-order valence-corrected chi connectivity index (χ3v) is 5.74. The van der Waals surface area contributed by atoms with Crippen LogP contribution in [0.2, 0.25) is 0 Å². The molecule has 1 aromatic carbocycles. The van der Waals surface area contributed by atoms with Gasteiger partial charge in [-0.15, -0.1) is 0 Å². The summed E-state index contributed by atoms with van der Waals surface area (Å²) in [5.74, 6) is -0.225. The molecule has 0 aliphatic carbocycles. The number of hydrogen-bond donors (Lipinski definition) is 0. The van der Waals surface area contributed by atoms with E-state index in [0.717, 1.165) is 10.0 Å². The molecule has 0 saturated carbocycles. The first-order chi connectivity index (χ1) is 12.3. The van der Waals surface area contributed by atoms with Gasteiger partial charge in [-0.2, -0.15) is 0 Å². The predicted octanol–water partition coefficient (Wildman–Crippen LogP) is 4.30. The van der Waals surface area contributed by atoms with Crippen molar-refractivity contribution >= 4 is 44.7 Å². The van der Waals surface area contributed by atoms with E-state index in [1.165, 1.54) is 11.8 Å². The van der Waals surface area contributed by atoms with E-state index in [0.29, 0.717) is 23.0 Å². The zero-order valence-electron chi connectivity index (χ0n) is 15.2. The van der Waals surface area contributed by atoms with Crippen LogP contribution in [0.3, 0.4) is 0 Å². The molecule has 0 aromatic heterocycles. The number of nitrogens with zero attached hydrogens (tertiary/aromatic N) is 2. The van der Waals surface area contributed by atoms with Gasteiger partial charge in [0.15, 0.2) is 5.17 Å². The summed E-state index contributed by atoms with van der Waals surface area (Å²) in [4.78, 5) is 31.8. The van der Waals surface area contributed by atoms with Crippen molar-refractivity contribution in [3.8, 4) is 0 Å². The second kappa shape index (κ2) is 7.56. The van der Waals surface area contributed by atoms with Crippen LogP contribution in [0.1, 0.15) is 39.3 Å². The smallest absolute Gasteiger partial charge is 0.338 e. The molecule has 26 heavy (non-hydrogen) atoms. The van der Waals surface area contributed by atoms with E-state index in [2.05, 4.69) is 20.9 Å². The average Bonchev–Trinajstić information content (AvgIpc) is 2.85. The summed E-state index contributed by atoms with van der Waals surface area (Å²) in [6.07, 6.45) is 0. The van der Waals surface area contributed by atoms with Crippen molar-refractivity contribution in [2.45, 2.75) is 39.0 Å². The number of thioether (sulfide) groups is 1. The van der Waals surface area contributed by atoms with E-state index in [4.69, 9.17) is 4.74 Å². The van der Waals surface area contributed by atoms with Gasteiger partial charge in [-0.1, -0.05) is 53.7 Å². The SMILES string of the molecule is CC1=C(C(=O)OCC(C)C)[C@H](c2cccc(Br)c2)N2C(=O)[C@H](C)SC2=N1. The number of amides is 1. The van der Waals surface area contributed by atoms with Gasteiger partial charge < -0.3 is 4.74 Å². The molecule has 0 bridgehead atoms. The van der Waals surface area contributed by atoms with E-state index in [-0.39, 0.29) is 17.1 Å². The third kappa shape index (κ3) is 3.60. The van der Waals surface area contributed by atoms with Crippen molar-refractivity contribution in [1.82, 2.24) is 4.90 Å². The van der Waals surface area contributed by atoms with Crippen LogP contribution in [0.25, 0.3) is 0 Å². The molecule has 2 atom stereocenters. The first kappa shape index (κ1) is 19.2. The molecule has 1 aromatic rings. The zero-order valence-corrected chi connectivity index (χ0v) is 17.6. The van der Waals surface area contributed by atoms with Gasteiger partial charge in [-0.05, 0) is 37.5 Å². The predicted molar refractivity (Wildman–Crippen MR) is 107 cm³/mol. The number of hydrogen-bond acceptors (Lipinski definition) is 5. The Morgan fingerprint density at radius 2 is 2.15 bits per heavy atom. The second-order valence-corrected chi connectivity index (χ2v) is 9.04. The molecule has 0 unspecified atom stereocenters. The minimum atomic E-state index is -0.524. The zero-order chi connectivity index (χ0) is 19.0. The van der Waals surface area contributed by atoms with E-state index in [1.807, 2.05) is 45.0 Å². The molecule has 5 nitrogen and oxygen atoms in total. The highest BCUT2D eigenvalue weighted by Crippen LogP contribution is 2.43. The third-order valence-electron chi connectivity index (χ3n) is 4.19. The van der Waals surface area contributed by atoms with Gasteiger partial charge in [0.05, 0.1) is 29.2 Å². The highest BCUT2D eigenvalue weighted by atomic mass is 79.9. The first-order valence-corrected chi connectivity index (χ1v) is 10.2. The molecule has 3 rings (SSSR count). The Bertz CT molecular complexity index is 819. The maximum Gasteiger partial charge on any atom is 0.338 e. The lowest BCUT2D eigenvalue weighted by molar-refractivity contribution is -0.141. The van der Waals surface area contributed by atoms with Gasteiger partial charge in [0.25, 0.3) is 0 Å². The Labute approximate surface area is 166 Å². The van der Waals surface area contributed by atoms with Crippen molar-refractivity contribution in [3.05, 3.63) is 45.6 Å². The molecule has 1 fully saturated rings. The molecule has 0 spiro atoms. The summed E-state index contributed by atoms with van der Waals surface area (Å²) in [5, 5.41) is 0.424. The topological polar surface area (TPSA) is 59.0 Å². The molecular formula is C19H21BrN2O3S. The van der Waals surface area contributed by atoms with Gasteiger partial charge in [-0.3, -0.25) is 9.69 Å². The average molecular weight is 437 g/mol. The maximum absolute atomic E-state index is 12.9. The minimum Gasteiger partial charge on any atom is -0.462 e. The lowest BCUT2D eigenvalue weighted by atomic mass is 9.94. The Kier molecular flexibility index (Phi) is 5.58. The number of esters is 1. The normalized spacial score (nSPS) is 22.6. The van der Waals surface area contributed by atoms with Crippen LogP contribution in [-0.2, 0) is 14.3 Å². The van der Waals surface area contributed by atoms with Crippen LogP contribution in [0, 0.1) is 5.92 Å². The van der Waals surface area contributed by atoms with Crippen LogP contribution in [0.5, 0.6) is 0 Å². The Balaban J connectivity index is 2.08. The molecule has 0 radical (unpaired) electrons. The molecular weight excluding hydrogens is 416 g/mol. The van der Waals surface area contributed by atoms with E-state index < -0.39 is 12.0 Å². The van der Waals surface area contributed by atoms with Crippen molar-refractivity contribution in [1.29, 1.82) is 0 Å². The van der Waals surface area contributed by atoms with Gasteiger partial charge in [0, 0.05) is 4.47 Å². The first-order valence-electron chi connectivity index (χ1n) is 8.51. The number of rotatable bonds is 4. The van der Waals surface area contributed by atoms with Crippen LogP contribution in [0.4, 0.5) is 0 Å². The van der Waals surface area contributed by atoms with Crippen molar-refractivity contribution < 1.29 is 14.3 Å². The quantitative estimate of drug-likeness (QED) is 0.660. The molecule has 0 N–H and O–H groups in total.